The van der Waals surface area contributed by atoms with Gasteiger partial charge in [-0.05, 0) is 35.7 Å². The summed E-state index contributed by atoms with van der Waals surface area (Å²) in [6.45, 7) is 5.81. The van der Waals surface area contributed by atoms with Gasteiger partial charge in [0.15, 0.2) is 5.13 Å². The Kier molecular flexibility index (Phi) is 4.85. The van der Waals surface area contributed by atoms with Gasteiger partial charge in [0.25, 0.3) is 0 Å². The topological polar surface area (TPSA) is 64.7 Å². The molecule has 4 heterocycles. The van der Waals surface area contributed by atoms with Crippen LogP contribution in [0.25, 0.3) is 0 Å². The Hall–Kier alpha value is -1.74. The Morgan fingerprint density at radius 2 is 2.28 bits per heavy atom. The van der Waals surface area contributed by atoms with Crippen LogP contribution in [0.5, 0.6) is 0 Å². The van der Waals surface area contributed by atoms with Crippen LogP contribution in [-0.4, -0.2) is 42.6 Å². The van der Waals surface area contributed by atoms with E-state index in [0.717, 1.165) is 54.4 Å². The van der Waals surface area contributed by atoms with Crippen molar-refractivity contribution in [3.63, 3.8) is 0 Å². The Morgan fingerprint density at radius 1 is 1.36 bits per heavy atom. The second-order valence-electron chi connectivity index (χ2n) is 6.23. The van der Waals surface area contributed by atoms with E-state index >= 15 is 0 Å². The van der Waals surface area contributed by atoms with E-state index in [4.69, 9.17) is 0 Å². The molecular formula is C16H20BrN7S. The first-order chi connectivity index (χ1) is 12.2. The molecule has 1 saturated heterocycles. The highest BCUT2D eigenvalue weighted by molar-refractivity contribution is 9.10. The van der Waals surface area contributed by atoms with Gasteiger partial charge >= 0.3 is 0 Å². The maximum absolute atomic E-state index is 4.65. The summed E-state index contributed by atoms with van der Waals surface area (Å²) in [5, 5.41) is 13.8. The molecule has 1 fully saturated rings. The number of anilines is 1. The summed E-state index contributed by atoms with van der Waals surface area (Å²) in [6.07, 6.45) is 9.90. The molecule has 0 radical (unpaired) electrons. The smallest absolute Gasteiger partial charge is 0.185 e. The summed E-state index contributed by atoms with van der Waals surface area (Å²) in [5.74, 6) is 1.52. The molecule has 4 rings (SSSR count). The third-order valence-electron chi connectivity index (χ3n) is 4.50. The van der Waals surface area contributed by atoms with Gasteiger partial charge in [0.1, 0.15) is 12.2 Å². The summed E-state index contributed by atoms with van der Waals surface area (Å²) in [5.41, 5.74) is 0. The van der Waals surface area contributed by atoms with Crippen molar-refractivity contribution < 1.29 is 0 Å². The third kappa shape index (κ3) is 3.62. The highest BCUT2D eigenvalue weighted by Gasteiger charge is 2.26. The van der Waals surface area contributed by atoms with Crippen LogP contribution in [0.3, 0.4) is 0 Å². The third-order valence-corrected chi connectivity index (χ3v) is 5.96. The summed E-state index contributed by atoms with van der Waals surface area (Å²) in [7, 11) is 0. The minimum atomic E-state index is 0.422. The number of hydrogen-bond acceptors (Lipinski definition) is 6. The fraction of sp³-hybridized carbons (Fsp3) is 0.500. The largest absolute Gasteiger partial charge is 0.347 e. The van der Waals surface area contributed by atoms with Gasteiger partial charge < -0.3 is 9.47 Å². The molecule has 0 amide bonds. The van der Waals surface area contributed by atoms with Crippen molar-refractivity contribution in [2.75, 3.05) is 18.0 Å². The quantitative estimate of drug-likeness (QED) is 0.632. The maximum atomic E-state index is 4.65. The molecule has 1 atom stereocenters. The van der Waals surface area contributed by atoms with Crippen molar-refractivity contribution in [2.24, 2.45) is 0 Å². The number of rotatable bonds is 5. The summed E-state index contributed by atoms with van der Waals surface area (Å²) < 4.78 is 5.07. The van der Waals surface area contributed by atoms with Gasteiger partial charge in [-0.2, -0.15) is 5.10 Å². The van der Waals surface area contributed by atoms with E-state index in [9.17, 15) is 0 Å². The lowest BCUT2D eigenvalue weighted by molar-refractivity contribution is 0.473. The number of halogens is 1. The average molecular weight is 422 g/mol. The first-order valence-electron chi connectivity index (χ1n) is 8.48. The van der Waals surface area contributed by atoms with Crippen LogP contribution >= 0.6 is 27.3 Å². The first kappa shape index (κ1) is 16.7. The lowest BCUT2D eigenvalue weighted by atomic mass is 9.97. The van der Waals surface area contributed by atoms with E-state index in [1.807, 2.05) is 23.4 Å². The molecule has 1 unspecified atom stereocenters. The van der Waals surface area contributed by atoms with Crippen LogP contribution in [0.15, 0.2) is 29.4 Å². The highest BCUT2D eigenvalue weighted by atomic mass is 79.9. The average Bonchev–Trinajstić information content (AvgIpc) is 3.36. The molecule has 0 bridgehead atoms. The first-order valence-corrected chi connectivity index (χ1v) is 10.1. The van der Waals surface area contributed by atoms with Crippen LogP contribution < -0.4 is 4.90 Å². The number of thiazole rings is 1. The zero-order valence-corrected chi connectivity index (χ0v) is 16.4. The van der Waals surface area contributed by atoms with Gasteiger partial charge in [-0.25, -0.2) is 4.98 Å². The Balaban J connectivity index is 1.46. The summed E-state index contributed by atoms with van der Waals surface area (Å²) >= 11 is 5.18. The van der Waals surface area contributed by atoms with Crippen molar-refractivity contribution in [3.8, 4) is 0 Å². The maximum Gasteiger partial charge on any atom is 0.185 e. The Morgan fingerprint density at radius 3 is 3.08 bits per heavy atom. The molecule has 132 valence electrons. The van der Waals surface area contributed by atoms with Crippen LogP contribution in [0.2, 0.25) is 0 Å². The van der Waals surface area contributed by atoms with E-state index in [0.29, 0.717) is 5.92 Å². The van der Waals surface area contributed by atoms with Gasteiger partial charge in [-0.1, -0.05) is 11.3 Å². The second kappa shape index (κ2) is 7.25. The molecule has 0 spiro atoms. The van der Waals surface area contributed by atoms with Gasteiger partial charge in [0.2, 0.25) is 0 Å². The zero-order valence-electron chi connectivity index (χ0n) is 14.0. The predicted octanol–water partition coefficient (Wildman–Crippen LogP) is 3.15. The van der Waals surface area contributed by atoms with E-state index in [1.165, 1.54) is 4.88 Å². The Bertz CT molecular complexity index is 839. The fourth-order valence-electron chi connectivity index (χ4n) is 3.29. The van der Waals surface area contributed by atoms with Crippen LogP contribution in [-0.2, 0) is 13.1 Å². The zero-order chi connectivity index (χ0) is 17.2. The number of nitrogens with zero attached hydrogens (tertiary/aromatic N) is 7. The number of piperidine rings is 1. The molecule has 1 aliphatic rings. The van der Waals surface area contributed by atoms with Crippen LogP contribution in [0.4, 0.5) is 5.13 Å². The number of aryl methyl sites for hydroxylation is 1. The van der Waals surface area contributed by atoms with E-state index in [2.05, 4.69) is 52.6 Å². The van der Waals surface area contributed by atoms with Gasteiger partial charge in [0.05, 0.1) is 17.2 Å². The van der Waals surface area contributed by atoms with Gasteiger partial charge in [0, 0.05) is 42.8 Å². The normalized spacial score (nSPS) is 18.0. The molecule has 0 aliphatic carbocycles. The lowest BCUT2D eigenvalue weighted by Gasteiger charge is -2.32. The van der Waals surface area contributed by atoms with Crippen molar-refractivity contribution in [2.45, 2.75) is 38.8 Å². The predicted molar refractivity (Wildman–Crippen MR) is 101 cm³/mol. The lowest BCUT2D eigenvalue weighted by Crippen LogP contribution is -2.35. The van der Waals surface area contributed by atoms with Gasteiger partial charge in [-0.15, -0.1) is 10.2 Å². The van der Waals surface area contributed by atoms with Crippen molar-refractivity contribution in [3.05, 3.63) is 40.1 Å². The molecule has 9 heteroatoms. The molecule has 0 aromatic carbocycles. The van der Waals surface area contributed by atoms with E-state index < -0.39 is 0 Å². The second-order valence-corrected chi connectivity index (χ2v) is 8.23. The van der Waals surface area contributed by atoms with Crippen molar-refractivity contribution in [1.29, 1.82) is 0 Å². The van der Waals surface area contributed by atoms with E-state index in [-0.39, 0.29) is 0 Å². The van der Waals surface area contributed by atoms with E-state index in [1.54, 1.807) is 17.5 Å². The van der Waals surface area contributed by atoms with Crippen LogP contribution in [0, 0.1) is 0 Å². The summed E-state index contributed by atoms with van der Waals surface area (Å²) in [4.78, 5) is 8.25. The molecule has 3 aromatic rings. The molecular weight excluding hydrogens is 402 g/mol. The Labute approximate surface area is 158 Å². The molecule has 3 aromatic heterocycles. The van der Waals surface area contributed by atoms with Crippen molar-refractivity contribution >= 4 is 32.4 Å². The monoisotopic (exact) mass is 421 g/mol. The standard InChI is InChI=1S/C16H20BrN7S/c1-2-22-11-19-21-15(22)12-4-3-5-23(8-12)16-18-7-14(25-16)10-24-9-13(17)6-20-24/h6-7,9,11-12H,2-5,8,10H2,1H3. The molecule has 25 heavy (non-hydrogen) atoms. The number of hydrogen-bond donors (Lipinski definition) is 0. The number of aromatic nitrogens is 6. The SMILES string of the molecule is CCn1cnnc1C1CCCN(c2ncc(Cn3cc(Br)cn3)s2)C1. The van der Waals surface area contributed by atoms with Crippen molar-refractivity contribution in [1.82, 2.24) is 29.5 Å². The molecule has 7 nitrogen and oxygen atoms in total. The highest BCUT2D eigenvalue weighted by Crippen LogP contribution is 2.31. The molecule has 0 N–H and O–H groups in total. The fourth-order valence-corrected chi connectivity index (χ4v) is 4.55. The molecule has 1 aliphatic heterocycles. The minimum Gasteiger partial charge on any atom is -0.347 e. The minimum absolute atomic E-state index is 0.422. The summed E-state index contributed by atoms with van der Waals surface area (Å²) in [6, 6.07) is 0. The van der Waals surface area contributed by atoms with Gasteiger partial charge in [-0.3, -0.25) is 4.68 Å². The van der Waals surface area contributed by atoms with Crippen LogP contribution in [0.1, 0.15) is 36.4 Å². The molecule has 0 saturated carbocycles.